The summed E-state index contributed by atoms with van der Waals surface area (Å²) in [6, 6.07) is 0.133. The zero-order valence-electron chi connectivity index (χ0n) is 13.4. The smallest absolute Gasteiger partial charge is 0.230 e. The fourth-order valence-electron chi connectivity index (χ4n) is 2.24. The van der Waals surface area contributed by atoms with Gasteiger partial charge in [0.15, 0.2) is 0 Å². The highest BCUT2D eigenvalue weighted by Gasteiger charge is 2.25. The minimum Gasteiger partial charge on any atom is -0.424 e. The molecule has 1 amide bonds. The maximum Gasteiger partial charge on any atom is 0.230 e. The molecule has 124 valence electrons. The molecule has 1 unspecified atom stereocenters. The Hall–Kier alpha value is -1.12. The van der Waals surface area contributed by atoms with Crippen LogP contribution in [0, 0.1) is 0 Å². The monoisotopic (exact) mass is 328 g/mol. The second-order valence-electron chi connectivity index (χ2n) is 5.63. The van der Waals surface area contributed by atoms with Crippen molar-refractivity contribution in [1.29, 1.82) is 0 Å². The number of nitrogens with one attached hydrogen (secondary N) is 1. The first-order valence-corrected chi connectivity index (χ1v) is 8.89. The molecule has 1 aliphatic heterocycles. The van der Waals surface area contributed by atoms with Gasteiger partial charge in [0, 0.05) is 19.0 Å². The highest BCUT2D eigenvalue weighted by Crippen LogP contribution is 2.15. The van der Waals surface area contributed by atoms with Crippen LogP contribution in [-0.4, -0.2) is 65.4 Å². The second kappa shape index (κ2) is 8.50. The molecular formula is C14H24N4O3S. The largest absolute Gasteiger partial charge is 0.424 e. The number of carbonyl (C=O) groups is 1. The van der Waals surface area contributed by atoms with Crippen molar-refractivity contribution in [3.05, 3.63) is 11.8 Å². The van der Waals surface area contributed by atoms with E-state index in [0.29, 0.717) is 43.8 Å². The van der Waals surface area contributed by atoms with Gasteiger partial charge in [-0.25, -0.2) is 0 Å². The van der Waals surface area contributed by atoms with E-state index in [-0.39, 0.29) is 17.9 Å². The fraction of sp³-hybridized carbons (Fsp3) is 0.786. The lowest BCUT2D eigenvalue weighted by atomic mass is 10.2. The van der Waals surface area contributed by atoms with Crippen molar-refractivity contribution in [3.8, 4) is 0 Å². The minimum atomic E-state index is 0.0536. The molecule has 1 atom stereocenters. The third-order valence-corrected chi connectivity index (χ3v) is 4.03. The van der Waals surface area contributed by atoms with E-state index in [2.05, 4.69) is 20.4 Å². The molecule has 1 saturated heterocycles. The number of carbonyl (C=O) groups excluding carboxylic acids is 1. The zero-order chi connectivity index (χ0) is 15.9. The van der Waals surface area contributed by atoms with E-state index in [1.54, 1.807) is 0 Å². The molecule has 0 aliphatic carbocycles. The highest BCUT2D eigenvalue weighted by atomic mass is 32.2. The Kier molecular flexibility index (Phi) is 6.66. The Morgan fingerprint density at radius 3 is 3.00 bits per heavy atom. The first-order valence-electron chi connectivity index (χ1n) is 7.50. The SMILES string of the molecule is CSCC(=O)NCC1COCCN1Cc1nnc(C(C)C)o1. The number of morpholine rings is 1. The topological polar surface area (TPSA) is 80.5 Å². The normalized spacial score (nSPS) is 19.5. The van der Waals surface area contributed by atoms with Crippen molar-refractivity contribution >= 4 is 17.7 Å². The van der Waals surface area contributed by atoms with E-state index < -0.39 is 0 Å². The summed E-state index contributed by atoms with van der Waals surface area (Å²) in [4.78, 5) is 13.8. The number of hydrogen-bond donors (Lipinski definition) is 1. The number of ether oxygens (including phenoxy) is 1. The van der Waals surface area contributed by atoms with Gasteiger partial charge in [-0.15, -0.1) is 10.2 Å². The molecule has 0 saturated carbocycles. The Morgan fingerprint density at radius 1 is 1.50 bits per heavy atom. The van der Waals surface area contributed by atoms with Crippen LogP contribution in [0.4, 0.5) is 0 Å². The van der Waals surface area contributed by atoms with Crippen molar-refractivity contribution in [1.82, 2.24) is 20.4 Å². The van der Waals surface area contributed by atoms with Crippen LogP contribution in [0.1, 0.15) is 31.5 Å². The van der Waals surface area contributed by atoms with Crippen LogP contribution >= 0.6 is 11.8 Å². The van der Waals surface area contributed by atoms with E-state index in [1.165, 1.54) is 11.8 Å². The van der Waals surface area contributed by atoms with Crippen LogP contribution in [0.2, 0.25) is 0 Å². The fourth-order valence-corrected chi connectivity index (χ4v) is 2.60. The lowest BCUT2D eigenvalue weighted by Crippen LogP contribution is -2.50. The van der Waals surface area contributed by atoms with Crippen molar-refractivity contribution in [3.63, 3.8) is 0 Å². The molecule has 1 N–H and O–H groups in total. The van der Waals surface area contributed by atoms with Gasteiger partial charge >= 0.3 is 0 Å². The Bertz CT molecular complexity index is 480. The minimum absolute atomic E-state index is 0.0536. The molecule has 1 aliphatic rings. The van der Waals surface area contributed by atoms with Gasteiger partial charge in [-0.3, -0.25) is 9.69 Å². The molecule has 1 aromatic rings. The summed E-state index contributed by atoms with van der Waals surface area (Å²) in [5, 5.41) is 11.1. The van der Waals surface area contributed by atoms with Crippen LogP contribution in [0.25, 0.3) is 0 Å². The van der Waals surface area contributed by atoms with Gasteiger partial charge in [-0.1, -0.05) is 13.8 Å². The molecule has 1 fully saturated rings. The summed E-state index contributed by atoms with van der Waals surface area (Å²) >= 11 is 1.52. The predicted molar refractivity (Wildman–Crippen MR) is 84.8 cm³/mol. The molecule has 0 aromatic carbocycles. The average Bonchev–Trinajstić information content (AvgIpc) is 2.95. The number of rotatable bonds is 7. The van der Waals surface area contributed by atoms with Crippen LogP contribution in [0.5, 0.6) is 0 Å². The van der Waals surface area contributed by atoms with Crippen molar-refractivity contribution in [2.24, 2.45) is 0 Å². The van der Waals surface area contributed by atoms with Gasteiger partial charge in [0.1, 0.15) is 0 Å². The number of aromatic nitrogens is 2. The van der Waals surface area contributed by atoms with Gasteiger partial charge in [0.2, 0.25) is 17.7 Å². The Balaban J connectivity index is 1.89. The molecule has 2 heterocycles. The molecular weight excluding hydrogens is 304 g/mol. The lowest BCUT2D eigenvalue weighted by Gasteiger charge is -2.34. The molecule has 0 spiro atoms. The molecule has 0 bridgehead atoms. The van der Waals surface area contributed by atoms with Crippen molar-refractivity contribution in [2.45, 2.75) is 32.4 Å². The van der Waals surface area contributed by atoms with Gasteiger partial charge in [0.05, 0.1) is 31.6 Å². The molecule has 22 heavy (non-hydrogen) atoms. The standard InChI is InChI=1S/C14H24N4O3S/c1-10(2)14-17-16-13(21-14)7-18-4-5-20-8-11(18)6-15-12(19)9-22-3/h10-11H,4-9H2,1-3H3,(H,15,19). The summed E-state index contributed by atoms with van der Waals surface area (Å²) in [5.41, 5.74) is 0. The summed E-state index contributed by atoms with van der Waals surface area (Å²) in [6.45, 7) is 7.29. The summed E-state index contributed by atoms with van der Waals surface area (Å²) < 4.78 is 11.2. The van der Waals surface area contributed by atoms with E-state index in [9.17, 15) is 4.79 Å². The third-order valence-electron chi connectivity index (χ3n) is 3.47. The van der Waals surface area contributed by atoms with E-state index >= 15 is 0 Å². The van der Waals surface area contributed by atoms with E-state index in [1.807, 2.05) is 20.1 Å². The van der Waals surface area contributed by atoms with Gasteiger partial charge < -0.3 is 14.5 Å². The third kappa shape index (κ3) is 4.96. The molecule has 2 rings (SSSR count). The molecule has 1 aromatic heterocycles. The molecule has 8 heteroatoms. The number of hydrogen-bond acceptors (Lipinski definition) is 7. The summed E-state index contributed by atoms with van der Waals surface area (Å²) in [7, 11) is 0. The summed E-state index contributed by atoms with van der Waals surface area (Å²) in [5.74, 6) is 2.04. The average molecular weight is 328 g/mol. The Labute approximate surface area is 135 Å². The number of amides is 1. The second-order valence-corrected chi connectivity index (χ2v) is 6.49. The highest BCUT2D eigenvalue weighted by molar-refractivity contribution is 7.99. The Morgan fingerprint density at radius 2 is 2.32 bits per heavy atom. The van der Waals surface area contributed by atoms with E-state index in [4.69, 9.17) is 9.15 Å². The molecule has 7 nitrogen and oxygen atoms in total. The number of nitrogens with zero attached hydrogens (tertiary/aromatic N) is 3. The predicted octanol–water partition coefficient (Wildman–Crippen LogP) is 0.873. The van der Waals surface area contributed by atoms with Crippen LogP contribution in [0.3, 0.4) is 0 Å². The van der Waals surface area contributed by atoms with Gasteiger partial charge in [-0.2, -0.15) is 11.8 Å². The van der Waals surface area contributed by atoms with Crippen LogP contribution in [-0.2, 0) is 16.1 Å². The quantitative estimate of drug-likeness (QED) is 0.795. The maximum atomic E-state index is 11.6. The van der Waals surface area contributed by atoms with Gasteiger partial charge in [0.25, 0.3) is 0 Å². The van der Waals surface area contributed by atoms with Crippen molar-refractivity contribution in [2.75, 3.05) is 38.3 Å². The zero-order valence-corrected chi connectivity index (χ0v) is 14.2. The maximum absolute atomic E-state index is 11.6. The van der Waals surface area contributed by atoms with Crippen molar-refractivity contribution < 1.29 is 13.9 Å². The first kappa shape index (κ1) is 17.2. The van der Waals surface area contributed by atoms with E-state index in [0.717, 1.165) is 6.54 Å². The van der Waals surface area contributed by atoms with Crippen LogP contribution in [0.15, 0.2) is 4.42 Å². The summed E-state index contributed by atoms with van der Waals surface area (Å²) in [6.07, 6.45) is 1.91. The first-order chi connectivity index (χ1) is 10.6. The molecule has 0 radical (unpaired) electrons. The van der Waals surface area contributed by atoms with Gasteiger partial charge in [-0.05, 0) is 6.26 Å². The van der Waals surface area contributed by atoms with Crippen LogP contribution < -0.4 is 5.32 Å². The number of thioether (sulfide) groups is 1. The lowest BCUT2D eigenvalue weighted by molar-refractivity contribution is -0.119.